The van der Waals surface area contributed by atoms with E-state index in [0.29, 0.717) is 0 Å². The molecular weight excluding hydrogens is 198 g/mol. The van der Waals surface area contributed by atoms with Gasteiger partial charge in [-0.25, -0.2) is 8.78 Å². The number of hydrogen-bond donors (Lipinski definition) is 0. The second-order valence-electron chi connectivity index (χ2n) is 4.10. The summed E-state index contributed by atoms with van der Waals surface area (Å²) in [4.78, 5) is 11.5. The zero-order valence-electron chi connectivity index (χ0n) is 9.10. The number of rotatable bonds is 3. The summed E-state index contributed by atoms with van der Waals surface area (Å²) in [5.41, 5.74) is 0.0698. The van der Waals surface area contributed by atoms with Crippen molar-refractivity contribution in [3.05, 3.63) is 34.9 Å². The van der Waals surface area contributed by atoms with E-state index in [9.17, 15) is 13.6 Å². The molecule has 0 spiro atoms. The third-order valence-electron chi connectivity index (χ3n) is 2.14. The first-order valence-electron chi connectivity index (χ1n) is 4.90. The van der Waals surface area contributed by atoms with Gasteiger partial charge in [0.25, 0.3) is 0 Å². The molecule has 0 aliphatic heterocycles. The molecule has 1 aromatic rings. The molecule has 15 heavy (non-hydrogen) atoms. The largest absolute Gasteiger partial charge is 0.294 e. The van der Waals surface area contributed by atoms with Crippen molar-refractivity contribution in [2.24, 2.45) is 5.92 Å². The third kappa shape index (κ3) is 2.85. The molecule has 0 atom stereocenters. The van der Waals surface area contributed by atoms with E-state index in [4.69, 9.17) is 0 Å². The number of benzene rings is 1. The quantitative estimate of drug-likeness (QED) is 0.701. The van der Waals surface area contributed by atoms with Crippen LogP contribution in [-0.4, -0.2) is 5.78 Å². The number of aryl methyl sites for hydroxylation is 1. The maximum atomic E-state index is 13.3. The molecule has 0 aliphatic carbocycles. The molecule has 1 aromatic carbocycles. The van der Waals surface area contributed by atoms with Crippen molar-refractivity contribution in [2.45, 2.75) is 27.2 Å². The summed E-state index contributed by atoms with van der Waals surface area (Å²) in [6.45, 7) is 5.19. The SMILES string of the molecule is Cc1cc(F)c(C(=O)CC(C)C)cc1F. The Balaban J connectivity index is 3.04. The number of hydrogen-bond acceptors (Lipinski definition) is 1. The molecule has 0 unspecified atom stereocenters. The van der Waals surface area contributed by atoms with Crippen molar-refractivity contribution in [2.75, 3.05) is 0 Å². The standard InChI is InChI=1S/C12H14F2O/c1-7(2)4-12(15)9-6-10(13)8(3)5-11(9)14/h5-7H,4H2,1-3H3. The van der Waals surface area contributed by atoms with Crippen LogP contribution in [-0.2, 0) is 0 Å². The highest BCUT2D eigenvalue weighted by Crippen LogP contribution is 2.17. The van der Waals surface area contributed by atoms with Gasteiger partial charge in [-0.05, 0) is 30.5 Å². The van der Waals surface area contributed by atoms with Gasteiger partial charge in [-0.3, -0.25) is 4.79 Å². The maximum Gasteiger partial charge on any atom is 0.166 e. The number of carbonyl (C=O) groups is 1. The van der Waals surface area contributed by atoms with Crippen molar-refractivity contribution in [3.63, 3.8) is 0 Å². The molecule has 0 aliphatic rings. The van der Waals surface area contributed by atoms with E-state index in [1.54, 1.807) is 0 Å². The molecule has 0 N–H and O–H groups in total. The molecule has 0 aromatic heterocycles. The molecule has 1 rings (SSSR count). The number of carbonyl (C=O) groups excluding carboxylic acids is 1. The summed E-state index contributed by atoms with van der Waals surface area (Å²) in [6, 6.07) is 2.04. The van der Waals surface area contributed by atoms with E-state index in [0.717, 1.165) is 12.1 Å². The van der Waals surface area contributed by atoms with E-state index in [1.807, 2.05) is 13.8 Å². The summed E-state index contributed by atoms with van der Waals surface area (Å²) in [6.07, 6.45) is 0.236. The van der Waals surface area contributed by atoms with Gasteiger partial charge < -0.3 is 0 Å². The Morgan fingerprint density at radius 3 is 2.40 bits per heavy atom. The van der Waals surface area contributed by atoms with Crippen molar-refractivity contribution in [1.29, 1.82) is 0 Å². The van der Waals surface area contributed by atoms with Crippen molar-refractivity contribution in [1.82, 2.24) is 0 Å². The molecule has 0 amide bonds. The van der Waals surface area contributed by atoms with Gasteiger partial charge in [0.1, 0.15) is 11.6 Å². The Bertz CT molecular complexity index is 383. The highest BCUT2D eigenvalue weighted by atomic mass is 19.1. The number of halogens is 2. The van der Waals surface area contributed by atoms with E-state index in [2.05, 4.69) is 0 Å². The fraction of sp³-hybridized carbons (Fsp3) is 0.417. The van der Waals surface area contributed by atoms with Crippen molar-refractivity contribution < 1.29 is 13.6 Å². The minimum absolute atomic E-state index is 0.140. The zero-order chi connectivity index (χ0) is 11.6. The lowest BCUT2D eigenvalue weighted by atomic mass is 10.00. The van der Waals surface area contributed by atoms with Crippen LogP contribution in [0.2, 0.25) is 0 Å². The predicted molar refractivity (Wildman–Crippen MR) is 54.9 cm³/mol. The molecule has 0 bridgehead atoms. The summed E-state index contributed by atoms with van der Waals surface area (Å²) in [7, 11) is 0. The highest BCUT2D eigenvalue weighted by Gasteiger charge is 2.15. The van der Waals surface area contributed by atoms with Gasteiger partial charge in [0.15, 0.2) is 5.78 Å². The van der Waals surface area contributed by atoms with Gasteiger partial charge >= 0.3 is 0 Å². The van der Waals surface area contributed by atoms with Gasteiger partial charge in [0.2, 0.25) is 0 Å². The summed E-state index contributed by atoms with van der Waals surface area (Å²) < 4.78 is 26.5. The summed E-state index contributed by atoms with van der Waals surface area (Å²) in [5.74, 6) is -1.38. The van der Waals surface area contributed by atoms with E-state index in [-0.39, 0.29) is 29.2 Å². The third-order valence-corrected chi connectivity index (χ3v) is 2.14. The molecule has 0 fully saturated rings. The molecule has 1 nitrogen and oxygen atoms in total. The zero-order valence-corrected chi connectivity index (χ0v) is 9.10. The summed E-state index contributed by atoms with van der Waals surface area (Å²) in [5, 5.41) is 0. The molecule has 0 heterocycles. The normalized spacial score (nSPS) is 10.8. The van der Waals surface area contributed by atoms with Crippen LogP contribution in [0.1, 0.15) is 36.2 Å². The Labute approximate surface area is 88.1 Å². The monoisotopic (exact) mass is 212 g/mol. The topological polar surface area (TPSA) is 17.1 Å². The molecule has 0 radical (unpaired) electrons. The molecular formula is C12H14F2O. The van der Waals surface area contributed by atoms with Crippen molar-refractivity contribution >= 4 is 5.78 Å². The van der Waals surface area contributed by atoms with Gasteiger partial charge in [-0.1, -0.05) is 13.8 Å². The predicted octanol–water partition coefficient (Wildman–Crippen LogP) is 3.50. The van der Waals surface area contributed by atoms with Crippen LogP contribution in [0.5, 0.6) is 0 Å². The van der Waals surface area contributed by atoms with Crippen LogP contribution in [0, 0.1) is 24.5 Å². The fourth-order valence-electron chi connectivity index (χ4n) is 1.34. The minimum atomic E-state index is -0.639. The Morgan fingerprint density at radius 1 is 1.27 bits per heavy atom. The van der Waals surface area contributed by atoms with E-state index >= 15 is 0 Å². The smallest absolute Gasteiger partial charge is 0.166 e. The minimum Gasteiger partial charge on any atom is -0.294 e. The molecule has 3 heteroatoms. The van der Waals surface area contributed by atoms with E-state index < -0.39 is 11.6 Å². The van der Waals surface area contributed by atoms with Crippen molar-refractivity contribution in [3.8, 4) is 0 Å². The number of ketones is 1. The second-order valence-corrected chi connectivity index (χ2v) is 4.10. The highest BCUT2D eigenvalue weighted by molar-refractivity contribution is 5.96. The van der Waals surface area contributed by atoms with Crippen LogP contribution in [0.15, 0.2) is 12.1 Å². The average molecular weight is 212 g/mol. The Morgan fingerprint density at radius 2 is 1.87 bits per heavy atom. The fourth-order valence-corrected chi connectivity index (χ4v) is 1.34. The average Bonchev–Trinajstić information content (AvgIpc) is 2.09. The first-order valence-corrected chi connectivity index (χ1v) is 4.90. The lowest BCUT2D eigenvalue weighted by Crippen LogP contribution is -2.07. The lowest BCUT2D eigenvalue weighted by Gasteiger charge is -2.06. The number of Topliss-reactive ketones (excluding diaryl/α,β-unsaturated/α-hetero) is 1. The summed E-state index contributed by atoms with van der Waals surface area (Å²) >= 11 is 0. The van der Waals surface area contributed by atoms with Gasteiger partial charge in [0, 0.05) is 6.42 Å². The Hall–Kier alpha value is -1.25. The maximum absolute atomic E-state index is 13.3. The van der Waals surface area contributed by atoms with Gasteiger partial charge in [-0.2, -0.15) is 0 Å². The van der Waals surface area contributed by atoms with Gasteiger partial charge in [-0.15, -0.1) is 0 Å². The van der Waals surface area contributed by atoms with Gasteiger partial charge in [0.05, 0.1) is 5.56 Å². The molecule has 0 saturated carbocycles. The first kappa shape index (κ1) is 11.8. The molecule has 0 saturated heterocycles. The molecule has 82 valence electrons. The van der Waals surface area contributed by atoms with Crippen LogP contribution in [0.4, 0.5) is 8.78 Å². The first-order chi connectivity index (χ1) is 6.91. The van der Waals surface area contributed by atoms with Crippen LogP contribution < -0.4 is 0 Å². The Kier molecular flexibility index (Phi) is 3.56. The second kappa shape index (κ2) is 4.51. The van der Waals surface area contributed by atoms with Crippen LogP contribution in [0.3, 0.4) is 0 Å². The van der Waals surface area contributed by atoms with E-state index in [1.165, 1.54) is 6.92 Å². The van der Waals surface area contributed by atoms with Crippen LogP contribution in [0.25, 0.3) is 0 Å². The van der Waals surface area contributed by atoms with Crippen LogP contribution >= 0.6 is 0 Å². The lowest BCUT2D eigenvalue weighted by molar-refractivity contribution is 0.0963.